The van der Waals surface area contributed by atoms with Gasteiger partial charge in [0.1, 0.15) is 5.66 Å². The van der Waals surface area contributed by atoms with Gasteiger partial charge in [0.15, 0.2) is 5.92 Å². The molecule has 0 aliphatic heterocycles. The Morgan fingerprint density at radius 2 is 1.33 bits per heavy atom. The fourth-order valence-electron chi connectivity index (χ4n) is 2.59. The average molecular weight is 421 g/mol. The molecule has 0 saturated heterocycles. The molecule has 9 heteroatoms. The molecule has 0 amide bonds. The van der Waals surface area contributed by atoms with Crippen molar-refractivity contribution < 1.29 is 32.7 Å². The maximum Gasteiger partial charge on any atom is 0.339 e. The topological polar surface area (TPSA) is 88.1 Å². The first-order valence-corrected chi connectivity index (χ1v) is 10.8. The molecule has 0 N–H and O–H groups in total. The number of carbonyl (C=O) groups is 2. The van der Waals surface area contributed by atoms with Gasteiger partial charge < -0.3 is 18.5 Å². The van der Waals surface area contributed by atoms with Crippen molar-refractivity contribution in [2.75, 3.05) is 26.4 Å². The fourth-order valence-corrected chi connectivity index (χ4v) is 4.98. The Bertz CT molecular complexity index is 634. The van der Waals surface area contributed by atoms with E-state index in [0.717, 1.165) is 0 Å². The van der Waals surface area contributed by atoms with E-state index < -0.39 is 31.1 Å². The normalized spacial score (nSPS) is 12.7. The Hall–Kier alpha value is -1.40. The second-order valence-electron chi connectivity index (χ2n) is 5.35. The van der Waals surface area contributed by atoms with Gasteiger partial charge in [-0.2, -0.15) is 0 Å². The third-order valence-electron chi connectivity index (χ3n) is 3.57. The molecular formula is C18H26ClO7P. The number of carbonyl (C=O) groups excluding carboxylic acids is 2. The summed E-state index contributed by atoms with van der Waals surface area (Å²) >= 11 is 5.94. The van der Waals surface area contributed by atoms with Crippen molar-refractivity contribution in [3.63, 3.8) is 0 Å². The highest BCUT2D eigenvalue weighted by atomic mass is 35.5. The van der Waals surface area contributed by atoms with E-state index >= 15 is 0 Å². The van der Waals surface area contributed by atoms with Crippen LogP contribution in [-0.4, -0.2) is 38.4 Å². The largest absolute Gasteiger partial charge is 0.465 e. The summed E-state index contributed by atoms with van der Waals surface area (Å²) in [6.07, 6.45) is 0. The second-order valence-corrected chi connectivity index (χ2v) is 7.94. The van der Waals surface area contributed by atoms with Crippen LogP contribution in [0.3, 0.4) is 0 Å². The Labute approximate surface area is 164 Å². The van der Waals surface area contributed by atoms with Crippen LogP contribution in [0.2, 0.25) is 5.02 Å². The highest BCUT2D eigenvalue weighted by Crippen LogP contribution is 2.64. The molecule has 0 aliphatic rings. The van der Waals surface area contributed by atoms with E-state index in [4.69, 9.17) is 30.1 Å². The van der Waals surface area contributed by atoms with Crippen molar-refractivity contribution in [2.45, 2.75) is 33.4 Å². The Morgan fingerprint density at radius 3 is 1.70 bits per heavy atom. The van der Waals surface area contributed by atoms with E-state index in [0.29, 0.717) is 10.6 Å². The SMILES string of the molecule is CCOC(=O)C(C(=O)OCC)C(c1ccc(Cl)cc1)P(=O)(OCC)OCC. The summed E-state index contributed by atoms with van der Waals surface area (Å²) in [5.41, 5.74) is -0.830. The minimum atomic E-state index is -3.92. The molecule has 7 nitrogen and oxygen atoms in total. The number of hydrogen-bond donors (Lipinski definition) is 0. The van der Waals surface area contributed by atoms with Crippen LogP contribution in [0.15, 0.2) is 24.3 Å². The lowest BCUT2D eigenvalue weighted by Crippen LogP contribution is -2.34. The van der Waals surface area contributed by atoms with Crippen LogP contribution >= 0.6 is 19.2 Å². The molecule has 1 unspecified atom stereocenters. The van der Waals surface area contributed by atoms with Gasteiger partial charge in [-0.05, 0) is 45.4 Å². The number of hydrogen-bond acceptors (Lipinski definition) is 7. The second kappa shape index (κ2) is 11.4. The van der Waals surface area contributed by atoms with Gasteiger partial charge in [0.25, 0.3) is 0 Å². The minimum Gasteiger partial charge on any atom is -0.465 e. The van der Waals surface area contributed by atoms with Crippen LogP contribution in [0.1, 0.15) is 38.9 Å². The average Bonchev–Trinajstić information content (AvgIpc) is 2.61. The van der Waals surface area contributed by atoms with Gasteiger partial charge in [-0.15, -0.1) is 0 Å². The standard InChI is InChI=1S/C18H26ClO7P/c1-5-23-17(20)15(18(21)24-6-2)16(13-9-11-14(19)12-10-13)27(22,25-7-3)26-8-4/h9-12,15-16H,5-8H2,1-4H3. The molecule has 0 aromatic heterocycles. The first-order chi connectivity index (χ1) is 12.8. The van der Waals surface area contributed by atoms with Gasteiger partial charge in [-0.25, -0.2) is 0 Å². The third kappa shape index (κ3) is 6.32. The van der Waals surface area contributed by atoms with Crippen LogP contribution in [-0.2, 0) is 32.7 Å². The Morgan fingerprint density at radius 1 is 0.889 bits per heavy atom. The monoisotopic (exact) mass is 420 g/mol. The highest BCUT2D eigenvalue weighted by molar-refractivity contribution is 7.54. The summed E-state index contributed by atoms with van der Waals surface area (Å²) in [6, 6.07) is 6.28. The van der Waals surface area contributed by atoms with Gasteiger partial charge in [0.2, 0.25) is 0 Å². The molecule has 0 aliphatic carbocycles. The van der Waals surface area contributed by atoms with Crippen molar-refractivity contribution in [2.24, 2.45) is 5.92 Å². The maximum absolute atomic E-state index is 13.6. The lowest BCUT2D eigenvalue weighted by atomic mass is 9.98. The van der Waals surface area contributed by atoms with Gasteiger partial charge in [0.05, 0.1) is 26.4 Å². The molecule has 0 heterocycles. The first-order valence-electron chi connectivity index (χ1n) is 8.82. The lowest BCUT2D eigenvalue weighted by molar-refractivity contribution is -0.162. The van der Waals surface area contributed by atoms with E-state index in [9.17, 15) is 14.2 Å². The van der Waals surface area contributed by atoms with Crippen LogP contribution in [0.25, 0.3) is 0 Å². The number of esters is 2. The Kier molecular flexibility index (Phi) is 10.0. The van der Waals surface area contributed by atoms with Crippen LogP contribution in [0.4, 0.5) is 0 Å². The summed E-state index contributed by atoms with van der Waals surface area (Å²) in [7, 11) is -3.92. The molecule has 0 bridgehead atoms. The molecule has 0 saturated carbocycles. The van der Waals surface area contributed by atoms with Gasteiger partial charge in [0, 0.05) is 5.02 Å². The predicted molar refractivity (Wildman–Crippen MR) is 102 cm³/mol. The zero-order valence-corrected chi connectivity index (χ0v) is 17.6. The van der Waals surface area contributed by atoms with Crippen LogP contribution in [0, 0.1) is 5.92 Å². The zero-order chi connectivity index (χ0) is 20.4. The van der Waals surface area contributed by atoms with Crippen LogP contribution in [0.5, 0.6) is 0 Å². The van der Waals surface area contributed by atoms with Crippen molar-refractivity contribution in [1.82, 2.24) is 0 Å². The summed E-state index contributed by atoms with van der Waals surface area (Å²) in [5, 5.41) is 0.448. The van der Waals surface area contributed by atoms with E-state index in [1.807, 2.05) is 0 Å². The molecule has 0 spiro atoms. The highest BCUT2D eigenvalue weighted by Gasteiger charge is 2.50. The summed E-state index contributed by atoms with van der Waals surface area (Å²) in [6.45, 7) is 6.76. The summed E-state index contributed by atoms with van der Waals surface area (Å²) < 4.78 is 34.5. The molecule has 0 fully saturated rings. The number of halogens is 1. The first kappa shape index (κ1) is 23.6. The summed E-state index contributed by atoms with van der Waals surface area (Å²) in [5.74, 6) is -3.21. The van der Waals surface area contributed by atoms with E-state index in [1.54, 1.807) is 52.0 Å². The molecule has 1 aromatic carbocycles. The van der Waals surface area contributed by atoms with E-state index in [-0.39, 0.29) is 26.4 Å². The van der Waals surface area contributed by atoms with Gasteiger partial charge in [-0.3, -0.25) is 14.2 Å². The number of rotatable bonds is 11. The maximum atomic E-state index is 13.6. The molecule has 0 radical (unpaired) electrons. The summed E-state index contributed by atoms with van der Waals surface area (Å²) in [4.78, 5) is 25.2. The van der Waals surface area contributed by atoms with Gasteiger partial charge in [-0.1, -0.05) is 23.7 Å². The van der Waals surface area contributed by atoms with Crippen LogP contribution < -0.4 is 0 Å². The molecular weight excluding hydrogens is 395 g/mol. The number of ether oxygens (including phenoxy) is 2. The molecule has 1 atom stereocenters. The van der Waals surface area contributed by atoms with Crippen molar-refractivity contribution in [1.29, 1.82) is 0 Å². The quantitative estimate of drug-likeness (QED) is 0.298. The lowest BCUT2D eigenvalue weighted by Gasteiger charge is -2.30. The van der Waals surface area contributed by atoms with Crippen molar-refractivity contribution in [3.05, 3.63) is 34.9 Å². The predicted octanol–water partition coefficient (Wildman–Crippen LogP) is 4.39. The van der Waals surface area contributed by atoms with Crippen molar-refractivity contribution >= 4 is 31.1 Å². The van der Waals surface area contributed by atoms with Gasteiger partial charge >= 0.3 is 19.5 Å². The zero-order valence-electron chi connectivity index (χ0n) is 16.0. The van der Waals surface area contributed by atoms with E-state index in [2.05, 4.69) is 0 Å². The molecule has 1 aromatic rings. The van der Waals surface area contributed by atoms with Crippen molar-refractivity contribution in [3.8, 4) is 0 Å². The smallest absolute Gasteiger partial charge is 0.339 e. The number of benzene rings is 1. The van der Waals surface area contributed by atoms with E-state index in [1.165, 1.54) is 0 Å². The molecule has 27 heavy (non-hydrogen) atoms. The molecule has 1 rings (SSSR count). The Balaban J connectivity index is 3.58. The fraction of sp³-hybridized carbons (Fsp3) is 0.556. The molecule has 152 valence electrons. The minimum absolute atomic E-state index is 0.0512. The third-order valence-corrected chi connectivity index (χ3v) is 6.33.